The summed E-state index contributed by atoms with van der Waals surface area (Å²) in [6.07, 6.45) is -0.646. The van der Waals surface area contributed by atoms with E-state index in [2.05, 4.69) is 5.32 Å². The van der Waals surface area contributed by atoms with Crippen molar-refractivity contribution in [3.8, 4) is 0 Å². The zero-order valence-electron chi connectivity index (χ0n) is 12.3. The van der Waals surface area contributed by atoms with Crippen LogP contribution in [0, 0.1) is 0 Å². The van der Waals surface area contributed by atoms with E-state index in [1.165, 1.54) is 0 Å². The summed E-state index contributed by atoms with van der Waals surface area (Å²) in [5, 5.41) is 2.44. The molecule has 0 aliphatic carbocycles. The van der Waals surface area contributed by atoms with E-state index in [4.69, 9.17) is 9.47 Å². The molecule has 1 aromatic rings. The maximum Gasteiger partial charge on any atom is 0.408 e. The Morgan fingerprint density at radius 3 is 2.35 bits per heavy atom. The van der Waals surface area contributed by atoms with Gasteiger partial charge < -0.3 is 14.8 Å². The summed E-state index contributed by atoms with van der Waals surface area (Å²) in [5.41, 5.74) is 0.300. The van der Waals surface area contributed by atoms with E-state index in [-0.39, 0.29) is 6.61 Å². The highest BCUT2D eigenvalue weighted by Gasteiger charge is 2.23. The lowest BCUT2D eigenvalue weighted by molar-refractivity contribution is -0.156. The monoisotopic (exact) mass is 279 g/mol. The van der Waals surface area contributed by atoms with Crippen molar-refractivity contribution in [2.45, 2.75) is 45.9 Å². The first kappa shape index (κ1) is 16.0. The van der Waals surface area contributed by atoms with Gasteiger partial charge in [-0.25, -0.2) is 9.59 Å². The Hall–Kier alpha value is -2.04. The second-order valence-corrected chi connectivity index (χ2v) is 5.46. The van der Waals surface area contributed by atoms with Gasteiger partial charge in [0.1, 0.15) is 18.2 Å². The second kappa shape index (κ2) is 6.93. The molecule has 0 saturated carbocycles. The molecule has 1 rings (SSSR count). The van der Waals surface area contributed by atoms with Gasteiger partial charge in [-0.2, -0.15) is 0 Å². The van der Waals surface area contributed by atoms with E-state index in [1.54, 1.807) is 27.7 Å². The molecule has 0 aliphatic rings. The van der Waals surface area contributed by atoms with Gasteiger partial charge in [-0.15, -0.1) is 0 Å². The van der Waals surface area contributed by atoms with Gasteiger partial charge in [0.15, 0.2) is 0 Å². The summed E-state index contributed by atoms with van der Waals surface area (Å²) in [5.74, 6) is -0.492. The Labute approximate surface area is 119 Å². The molecule has 1 aromatic carbocycles. The summed E-state index contributed by atoms with van der Waals surface area (Å²) in [6.45, 7) is 7.02. The van der Waals surface area contributed by atoms with E-state index >= 15 is 0 Å². The van der Waals surface area contributed by atoms with Crippen molar-refractivity contribution in [1.82, 2.24) is 5.32 Å². The van der Waals surface area contributed by atoms with Crippen LogP contribution in [0.5, 0.6) is 0 Å². The Bertz CT molecular complexity index is 451. The molecule has 0 radical (unpaired) electrons. The van der Waals surface area contributed by atoms with Crippen molar-refractivity contribution in [3.63, 3.8) is 0 Å². The lowest BCUT2D eigenvalue weighted by Crippen LogP contribution is -2.42. The van der Waals surface area contributed by atoms with Crippen LogP contribution in [0.4, 0.5) is 4.79 Å². The van der Waals surface area contributed by atoms with E-state index in [1.807, 2.05) is 30.3 Å². The third-order valence-electron chi connectivity index (χ3n) is 2.31. The maximum atomic E-state index is 11.7. The molecule has 5 heteroatoms. The van der Waals surface area contributed by atoms with Crippen LogP contribution in [0.3, 0.4) is 0 Å². The number of esters is 1. The van der Waals surface area contributed by atoms with Crippen LogP contribution in [0.1, 0.15) is 33.3 Å². The highest BCUT2D eigenvalue weighted by atomic mass is 16.6. The van der Waals surface area contributed by atoms with Crippen molar-refractivity contribution < 1.29 is 19.1 Å². The molecule has 1 N–H and O–H groups in total. The van der Waals surface area contributed by atoms with Crippen LogP contribution >= 0.6 is 0 Å². The largest absolute Gasteiger partial charge is 0.458 e. The van der Waals surface area contributed by atoms with Gasteiger partial charge in [-0.05, 0) is 33.3 Å². The van der Waals surface area contributed by atoms with Gasteiger partial charge in [-0.3, -0.25) is 0 Å². The quantitative estimate of drug-likeness (QED) is 0.860. The van der Waals surface area contributed by atoms with Crippen molar-refractivity contribution in [2.24, 2.45) is 0 Å². The highest BCUT2D eigenvalue weighted by molar-refractivity contribution is 5.81. The first-order chi connectivity index (χ1) is 9.28. The molecule has 110 valence electrons. The van der Waals surface area contributed by atoms with E-state index in [0.717, 1.165) is 5.56 Å². The number of rotatable bonds is 4. The fraction of sp³-hybridized carbons (Fsp3) is 0.467. The van der Waals surface area contributed by atoms with Crippen molar-refractivity contribution in [2.75, 3.05) is 0 Å². The summed E-state index contributed by atoms with van der Waals surface area (Å²) in [4.78, 5) is 23.2. The Morgan fingerprint density at radius 2 is 1.80 bits per heavy atom. The standard InChI is InChI=1S/C15H21NO4/c1-11(13(17)20-15(2,3)4)16-14(18)19-10-12-8-6-5-7-9-12/h5-9,11H,10H2,1-4H3,(H,16,18)/t11-/m0/s1. The Kier molecular flexibility index (Phi) is 5.55. The van der Waals surface area contributed by atoms with Crippen molar-refractivity contribution in [1.29, 1.82) is 0 Å². The van der Waals surface area contributed by atoms with Crippen LogP contribution in [-0.4, -0.2) is 23.7 Å². The molecule has 0 bridgehead atoms. The van der Waals surface area contributed by atoms with Gasteiger partial charge >= 0.3 is 12.1 Å². The van der Waals surface area contributed by atoms with Crippen LogP contribution < -0.4 is 5.32 Å². The van der Waals surface area contributed by atoms with Crippen LogP contribution in [-0.2, 0) is 20.9 Å². The van der Waals surface area contributed by atoms with Gasteiger partial charge in [0.05, 0.1) is 0 Å². The third-order valence-corrected chi connectivity index (χ3v) is 2.31. The number of hydrogen-bond acceptors (Lipinski definition) is 4. The summed E-state index contributed by atoms with van der Waals surface area (Å²) in [6, 6.07) is 8.56. The van der Waals surface area contributed by atoms with E-state index in [0.29, 0.717) is 0 Å². The normalized spacial score (nSPS) is 12.4. The highest BCUT2D eigenvalue weighted by Crippen LogP contribution is 2.08. The third kappa shape index (κ3) is 6.22. The Balaban J connectivity index is 2.36. The fourth-order valence-electron chi connectivity index (χ4n) is 1.39. The van der Waals surface area contributed by atoms with Crippen molar-refractivity contribution >= 4 is 12.1 Å². The van der Waals surface area contributed by atoms with Gasteiger partial charge in [0, 0.05) is 0 Å². The smallest absolute Gasteiger partial charge is 0.408 e. The second-order valence-electron chi connectivity index (χ2n) is 5.46. The van der Waals surface area contributed by atoms with Gasteiger partial charge in [-0.1, -0.05) is 30.3 Å². The molecule has 0 fully saturated rings. The molecule has 5 nitrogen and oxygen atoms in total. The summed E-state index contributed by atoms with van der Waals surface area (Å²) in [7, 11) is 0. The first-order valence-corrected chi connectivity index (χ1v) is 6.48. The zero-order chi connectivity index (χ0) is 15.2. The molecular formula is C15H21NO4. The molecule has 0 aliphatic heterocycles. The molecular weight excluding hydrogens is 258 g/mol. The molecule has 20 heavy (non-hydrogen) atoms. The topological polar surface area (TPSA) is 64.6 Å². The lowest BCUT2D eigenvalue weighted by atomic mass is 10.2. The number of benzene rings is 1. The van der Waals surface area contributed by atoms with Gasteiger partial charge in [0.25, 0.3) is 0 Å². The lowest BCUT2D eigenvalue weighted by Gasteiger charge is -2.22. The molecule has 0 spiro atoms. The molecule has 1 atom stereocenters. The van der Waals surface area contributed by atoms with E-state index in [9.17, 15) is 9.59 Å². The van der Waals surface area contributed by atoms with Crippen LogP contribution in [0.25, 0.3) is 0 Å². The Morgan fingerprint density at radius 1 is 1.20 bits per heavy atom. The first-order valence-electron chi connectivity index (χ1n) is 6.48. The number of nitrogens with one attached hydrogen (secondary N) is 1. The number of alkyl carbamates (subject to hydrolysis) is 1. The average Bonchev–Trinajstić information content (AvgIpc) is 2.35. The molecule has 0 saturated heterocycles. The maximum absolute atomic E-state index is 11.7. The average molecular weight is 279 g/mol. The number of carbonyl (C=O) groups is 2. The summed E-state index contributed by atoms with van der Waals surface area (Å²) >= 11 is 0. The molecule has 0 aromatic heterocycles. The van der Waals surface area contributed by atoms with E-state index < -0.39 is 23.7 Å². The predicted molar refractivity (Wildman–Crippen MR) is 75.1 cm³/mol. The number of amides is 1. The molecule has 0 unspecified atom stereocenters. The SMILES string of the molecule is C[C@H](NC(=O)OCc1ccccc1)C(=O)OC(C)(C)C. The minimum atomic E-state index is -0.752. The summed E-state index contributed by atoms with van der Waals surface area (Å²) < 4.78 is 10.2. The number of carbonyl (C=O) groups excluding carboxylic acids is 2. The molecule has 1 amide bonds. The number of hydrogen-bond donors (Lipinski definition) is 1. The van der Waals surface area contributed by atoms with Crippen LogP contribution in [0.2, 0.25) is 0 Å². The number of ether oxygens (including phenoxy) is 2. The fourth-order valence-corrected chi connectivity index (χ4v) is 1.39. The minimum Gasteiger partial charge on any atom is -0.458 e. The molecule has 0 heterocycles. The predicted octanol–water partition coefficient (Wildman–Crippen LogP) is 2.64. The van der Waals surface area contributed by atoms with Crippen LogP contribution in [0.15, 0.2) is 30.3 Å². The minimum absolute atomic E-state index is 0.160. The van der Waals surface area contributed by atoms with Crippen molar-refractivity contribution in [3.05, 3.63) is 35.9 Å². The van der Waals surface area contributed by atoms with Gasteiger partial charge in [0.2, 0.25) is 0 Å². The zero-order valence-corrected chi connectivity index (χ0v) is 12.3.